The molecule has 1 fully saturated rings. The van der Waals surface area contributed by atoms with Gasteiger partial charge in [-0.3, -0.25) is 4.79 Å². The highest BCUT2D eigenvalue weighted by atomic mass is 16.5. The van der Waals surface area contributed by atoms with Crippen molar-refractivity contribution in [2.75, 3.05) is 13.2 Å². The minimum Gasteiger partial charge on any atom is -0.396 e. The fourth-order valence-corrected chi connectivity index (χ4v) is 2.07. The molecule has 0 spiro atoms. The molecule has 4 nitrogen and oxygen atoms in total. The smallest absolute Gasteiger partial charge is 0.220 e. The van der Waals surface area contributed by atoms with Crippen molar-refractivity contribution >= 4 is 5.91 Å². The van der Waals surface area contributed by atoms with Crippen LogP contribution in [0, 0.1) is 5.92 Å². The van der Waals surface area contributed by atoms with Crippen LogP contribution < -0.4 is 5.32 Å². The molecule has 0 aliphatic heterocycles. The van der Waals surface area contributed by atoms with Gasteiger partial charge < -0.3 is 15.2 Å². The fourth-order valence-electron chi connectivity index (χ4n) is 2.07. The summed E-state index contributed by atoms with van der Waals surface area (Å²) in [7, 11) is 0. The number of rotatable bonds is 7. The lowest BCUT2D eigenvalue weighted by Gasteiger charge is -2.34. The Morgan fingerprint density at radius 3 is 2.81 bits per heavy atom. The largest absolute Gasteiger partial charge is 0.396 e. The third-order valence-electron chi connectivity index (χ3n) is 3.04. The molecule has 0 aromatic rings. The topological polar surface area (TPSA) is 58.6 Å². The number of ether oxygens (including phenoxy) is 1. The highest BCUT2D eigenvalue weighted by molar-refractivity contribution is 5.76. The van der Waals surface area contributed by atoms with Gasteiger partial charge in [0.1, 0.15) is 0 Å². The molecular formula is C12H23NO3. The van der Waals surface area contributed by atoms with Gasteiger partial charge in [0.25, 0.3) is 0 Å². The molecule has 1 saturated carbocycles. The van der Waals surface area contributed by atoms with E-state index in [9.17, 15) is 4.79 Å². The molecule has 16 heavy (non-hydrogen) atoms. The van der Waals surface area contributed by atoms with E-state index in [0.717, 1.165) is 19.4 Å². The van der Waals surface area contributed by atoms with Gasteiger partial charge in [0, 0.05) is 25.7 Å². The number of carbonyl (C=O) groups excluding carboxylic acids is 1. The Bertz CT molecular complexity index is 214. The lowest BCUT2D eigenvalue weighted by Crippen LogP contribution is -2.38. The van der Waals surface area contributed by atoms with Crippen molar-refractivity contribution in [2.24, 2.45) is 5.92 Å². The van der Waals surface area contributed by atoms with Crippen LogP contribution >= 0.6 is 0 Å². The summed E-state index contributed by atoms with van der Waals surface area (Å²) in [6, 6.07) is 0.0697. The zero-order valence-corrected chi connectivity index (χ0v) is 10.2. The average Bonchev–Trinajstić information content (AvgIpc) is 2.14. The molecule has 1 unspecified atom stereocenters. The number of aliphatic hydroxyl groups excluding tert-OH is 1. The SMILES string of the molecule is CCOC1CC(CC(=O)NC(C)CCO)C1. The molecule has 1 atom stereocenters. The molecule has 0 heterocycles. The molecule has 2 N–H and O–H groups in total. The number of nitrogens with one attached hydrogen (secondary N) is 1. The van der Waals surface area contributed by atoms with Gasteiger partial charge in [-0.05, 0) is 39.0 Å². The van der Waals surface area contributed by atoms with Gasteiger partial charge in [0.15, 0.2) is 0 Å². The van der Waals surface area contributed by atoms with Gasteiger partial charge >= 0.3 is 0 Å². The first-order chi connectivity index (χ1) is 7.65. The van der Waals surface area contributed by atoms with Crippen LogP contribution in [-0.4, -0.2) is 36.4 Å². The van der Waals surface area contributed by atoms with Crippen molar-refractivity contribution in [2.45, 2.75) is 51.7 Å². The van der Waals surface area contributed by atoms with Gasteiger partial charge in [-0.2, -0.15) is 0 Å². The Morgan fingerprint density at radius 1 is 1.56 bits per heavy atom. The monoisotopic (exact) mass is 229 g/mol. The van der Waals surface area contributed by atoms with E-state index in [2.05, 4.69) is 5.32 Å². The van der Waals surface area contributed by atoms with Crippen molar-refractivity contribution in [3.05, 3.63) is 0 Å². The van der Waals surface area contributed by atoms with Crippen LogP contribution in [0.2, 0.25) is 0 Å². The van der Waals surface area contributed by atoms with E-state index in [0.29, 0.717) is 24.9 Å². The molecule has 1 aliphatic rings. The summed E-state index contributed by atoms with van der Waals surface area (Å²) in [5, 5.41) is 11.6. The lowest BCUT2D eigenvalue weighted by atomic mass is 9.80. The Kier molecular flexibility index (Phi) is 5.77. The summed E-state index contributed by atoms with van der Waals surface area (Å²) < 4.78 is 5.44. The van der Waals surface area contributed by atoms with Crippen LogP contribution in [0.15, 0.2) is 0 Å². The van der Waals surface area contributed by atoms with Crippen molar-refractivity contribution in [1.29, 1.82) is 0 Å². The summed E-state index contributed by atoms with van der Waals surface area (Å²) in [5.41, 5.74) is 0. The molecule has 0 radical (unpaired) electrons. The maximum absolute atomic E-state index is 11.6. The highest BCUT2D eigenvalue weighted by Crippen LogP contribution is 2.32. The van der Waals surface area contributed by atoms with Crippen molar-refractivity contribution < 1.29 is 14.6 Å². The molecule has 1 aliphatic carbocycles. The Hall–Kier alpha value is -0.610. The summed E-state index contributed by atoms with van der Waals surface area (Å²) in [6.07, 6.45) is 3.61. The van der Waals surface area contributed by atoms with Crippen molar-refractivity contribution in [1.82, 2.24) is 5.32 Å². The van der Waals surface area contributed by atoms with Crippen LogP contribution in [0.3, 0.4) is 0 Å². The van der Waals surface area contributed by atoms with E-state index in [1.54, 1.807) is 0 Å². The van der Waals surface area contributed by atoms with E-state index < -0.39 is 0 Å². The van der Waals surface area contributed by atoms with Gasteiger partial charge in [0.05, 0.1) is 6.10 Å². The summed E-state index contributed by atoms with van der Waals surface area (Å²) in [4.78, 5) is 11.6. The molecule has 0 saturated heterocycles. The maximum atomic E-state index is 11.6. The van der Waals surface area contributed by atoms with E-state index >= 15 is 0 Å². The Balaban J connectivity index is 2.07. The van der Waals surface area contributed by atoms with Crippen LogP contribution in [0.5, 0.6) is 0 Å². The molecule has 4 heteroatoms. The normalized spacial score (nSPS) is 25.9. The van der Waals surface area contributed by atoms with Crippen LogP contribution in [0.25, 0.3) is 0 Å². The number of aliphatic hydroxyl groups is 1. The summed E-state index contributed by atoms with van der Waals surface area (Å²) in [6.45, 7) is 4.79. The van der Waals surface area contributed by atoms with E-state index in [1.807, 2.05) is 13.8 Å². The second-order valence-corrected chi connectivity index (χ2v) is 4.60. The molecule has 0 bridgehead atoms. The second kappa shape index (κ2) is 6.86. The van der Waals surface area contributed by atoms with Crippen molar-refractivity contribution in [3.8, 4) is 0 Å². The highest BCUT2D eigenvalue weighted by Gasteiger charge is 2.31. The first kappa shape index (κ1) is 13.5. The van der Waals surface area contributed by atoms with E-state index in [4.69, 9.17) is 9.84 Å². The quantitative estimate of drug-likeness (QED) is 0.687. The van der Waals surface area contributed by atoms with Gasteiger partial charge in [-0.15, -0.1) is 0 Å². The molecule has 1 amide bonds. The lowest BCUT2D eigenvalue weighted by molar-refractivity contribution is -0.125. The van der Waals surface area contributed by atoms with E-state index in [1.165, 1.54) is 0 Å². The molecule has 0 aromatic carbocycles. The van der Waals surface area contributed by atoms with E-state index in [-0.39, 0.29) is 18.6 Å². The third-order valence-corrected chi connectivity index (χ3v) is 3.04. The summed E-state index contributed by atoms with van der Waals surface area (Å²) in [5.74, 6) is 0.582. The molecule has 94 valence electrons. The number of hydrogen-bond acceptors (Lipinski definition) is 3. The summed E-state index contributed by atoms with van der Waals surface area (Å²) >= 11 is 0. The fraction of sp³-hybridized carbons (Fsp3) is 0.917. The zero-order chi connectivity index (χ0) is 12.0. The Labute approximate surface area is 97.4 Å². The van der Waals surface area contributed by atoms with Gasteiger partial charge in [0.2, 0.25) is 5.91 Å². The first-order valence-corrected chi connectivity index (χ1v) is 6.17. The van der Waals surface area contributed by atoms with Gasteiger partial charge in [-0.25, -0.2) is 0 Å². The average molecular weight is 229 g/mol. The van der Waals surface area contributed by atoms with Crippen LogP contribution in [0.4, 0.5) is 0 Å². The predicted molar refractivity (Wildman–Crippen MR) is 62.1 cm³/mol. The van der Waals surface area contributed by atoms with Crippen molar-refractivity contribution in [3.63, 3.8) is 0 Å². The van der Waals surface area contributed by atoms with Crippen LogP contribution in [-0.2, 0) is 9.53 Å². The predicted octanol–water partition coefficient (Wildman–Crippen LogP) is 1.08. The first-order valence-electron chi connectivity index (χ1n) is 6.17. The zero-order valence-electron chi connectivity index (χ0n) is 10.2. The standard InChI is InChI=1S/C12H23NO3/c1-3-16-11-6-10(7-11)8-12(15)13-9(2)4-5-14/h9-11,14H,3-8H2,1-2H3,(H,13,15). The maximum Gasteiger partial charge on any atom is 0.220 e. The number of hydrogen-bond donors (Lipinski definition) is 2. The minimum absolute atomic E-state index is 0.0697. The third kappa shape index (κ3) is 4.49. The van der Waals surface area contributed by atoms with Crippen LogP contribution in [0.1, 0.15) is 39.5 Å². The number of carbonyl (C=O) groups is 1. The Morgan fingerprint density at radius 2 is 2.25 bits per heavy atom. The number of amides is 1. The molecular weight excluding hydrogens is 206 g/mol. The minimum atomic E-state index is 0.0697. The second-order valence-electron chi connectivity index (χ2n) is 4.60. The molecule has 0 aromatic heterocycles. The van der Waals surface area contributed by atoms with Gasteiger partial charge in [-0.1, -0.05) is 0 Å². The molecule has 1 rings (SSSR count).